The molecule has 44 heavy (non-hydrogen) atoms. The van der Waals surface area contributed by atoms with Gasteiger partial charge in [-0.2, -0.15) is 0 Å². The molecule has 0 aliphatic rings. The van der Waals surface area contributed by atoms with Gasteiger partial charge in [-0.25, -0.2) is 9.59 Å². The van der Waals surface area contributed by atoms with E-state index >= 15 is 0 Å². The SMILES string of the molecule is CC(C)[C@H](NC(=O)CC[C@H](NC(=O)OC(C)(C)C)C(=O)O)C(=O)N[C@@H](C)C(=O)Nc1ccc(CO[Si](C)(C)C(C)(C)C)cc1. The molecule has 1 aromatic rings. The third-order valence-electron chi connectivity index (χ3n) is 7.29. The normalized spacial score (nSPS) is 14.2. The molecule has 0 unspecified atom stereocenters. The summed E-state index contributed by atoms with van der Waals surface area (Å²) in [6.45, 7) is 21.3. The Morgan fingerprint density at radius 2 is 1.43 bits per heavy atom. The van der Waals surface area contributed by atoms with Gasteiger partial charge in [0.25, 0.3) is 0 Å². The van der Waals surface area contributed by atoms with Gasteiger partial charge in [-0.1, -0.05) is 46.8 Å². The van der Waals surface area contributed by atoms with Crippen LogP contribution in [0.4, 0.5) is 10.5 Å². The number of rotatable bonds is 14. The second kappa shape index (κ2) is 16.0. The summed E-state index contributed by atoms with van der Waals surface area (Å²) in [6, 6.07) is 4.08. The molecule has 12 nitrogen and oxygen atoms in total. The molecule has 0 fully saturated rings. The van der Waals surface area contributed by atoms with E-state index in [0.29, 0.717) is 12.3 Å². The minimum atomic E-state index is -1.89. The van der Waals surface area contributed by atoms with Gasteiger partial charge in [0, 0.05) is 12.1 Å². The summed E-state index contributed by atoms with van der Waals surface area (Å²) in [5, 5.41) is 19.8. The first-order valence-corrected chi connectivity index (χ1v) is 17.8. The molecule has 13 heteroatoms. The van der Waals surface area contributed by atoms with Gasteiger partial charge in [0.05, 0.1) is 6.61 Å². The molecule has 248 valence electrons. The van der Waals surface area contributed by atoms with Crippen LogP contribution >= 0.6 is 0 Å². The van der Waals surface area contributed by atoms with Crippen LogP contribution in [0.15, 0.2) is 24.3 Å². The molecule has 1 aromatic carbocycles. The molecule has 5 N–H and O–H groups in total. The summed E-state index contributed by atoms with van der Waals surface area (Å²) in [5.41, 5.74) is 0.731. The molecular weight excluding hydrogens is 584 g/mol. The number of anilines is 1. The molecule has 4 amide bonds. The van der Waals surface area contributed by atoms with Gasteiger partial charge in [0.2, 0.25) is 17.7 Å². The van der Waals surface area contributed by atoms with E-state index in [1.54, 1.807) is 46.8 Å². The number of hydrogen-bond donors (Lipinski definition) is 5. The topological polar surface area (TPSA) is 172 Å². The lowest BCUT2D eigenvalue weighted by molar-refractivity contribution is -0.140. The van der Waals surface area contributed by atoms with Crippen LogP contribution in [0.1, 0.15) is 80.7 Å². The molecular formula is C31H52N4O8Si. The molecule has 1 rings (SSSR count). The Bertz CT molecular complexity index is 1160. The van der Waals surface area contributed by atoms with Crippen molar-refractivity contribution in [3.63, 3.8) is 0 Å². The average molecular weight is 637 g/mol. The highest BCUT2D eigenvalue weighted by atomic mass is 28.4. The minimum Gasteiger partial charge on any atom is -0.480 e. The van der Waals surface area contributed by atoms with Gasteiger partial charge in [0.1, 0.15) is 23.7 Å². The lowest BCUT2D eigenvalue weighted by atomic mass is 10.0. The highest BCUT2D eigenvalue weighted by molar-refractivity contribution is 6.74. The Kier molecular flexibility index (Phi) is 14.1. The lowest BCUT2D eigenvalue weighted by Crippen LogP contribution is -2.54. The van der Waals surface area contributed by atoms with Gasteiger partial charge in [-0.05, 0) is 75.9 Å². The van der Waals surface area contributed by atoms with Crippen molar-refractivity contribution in [2.75, 3.05) is 5.32 Å². The van der Waals surface area contributed by atoms with Crippen molar-refractivity contribution in [1.29, 1.82) is 0 Å². The van der Waals surface area contributed by atoms with Crippen LogP contribution in [0.25, 0.3) is 0 Å². The van der Waals surface area contributed by atoms with E-state index in [1.165, 1.54) is 6.92 Å². The van der Waals surface area contributed by atoms with E-state index in [-0.39, 0.29) is 23.8 Å². The van der Waals surface area contributed by atoms with Crippen molar-refractivity contribution in [2.45, 2.75) is 124 Å². The second-order valence-corrected chi connectivity index (χ2v) is 18.6. The van der Waals surface area contributed by atoms with Crippen molar-refractivity contribution in [3.05, 3.63) is 29.8 Å². The van der Waals surface area contributed by atoms with Crippen LogP contribution in [0.2, 0.25) is 18.1 Å². The number of nitrogens with one attached hydrogen (secondary N) is 4. The van der Waals surface area contributed by atoms with E-state index in [1.807, 2.05) is 12.1 Å². The molecule has 0 aliphatic heterocycles. The third kappa shape index (κ3) is 13.5. The number of hydrogen-bond acceptors (Lipinski definition) is 7. The Morgan fingerprint density at radius 3 is 1.91 bits per heavy atom. The fraction of sp³-hybridized carbons (Fsp3) is 0.645. The first-order chi connectivity index (χ1) is 20.0. The Balaban J connectivity index is 2.69. The Hall–Kier alpha value is -3.45. The van der Waals surface area contributed by atoms with Gasteiger partial charge in [-0.3, -0.25) is 14.4 Å². The smallest absolute Gasteiger partial charge is 0.408 e. The summed E-state index contributed by atoms with van der Waals surface area (Å²) < 4.78 is 11.3. The molecule has 0 aliphatic carbocycles. The highest BCUT2D eigenvalue weighted by Gasteiger charge is 2.37. The maximum absolute atomic E-state index is 13.0. The molecule has 0 saturated carbocycles. The lowest BCUT2D eigenvalue weighted by Gasteiger charge is -2.36. The number of carbonyl (C=O) groups excluding carboxylic acids is 4. The van der Waals surface area contributed by atoms with Crippen LogP contribution in [0.5, 0.6) is 0 Å². The zero-order valence-corrected chi connectivity index (χ0v) is 29.0. The summed E-state index contributed by atoms with van der Waals surface area (Å²) in [5.74, 6) is -3.22. The minimum absolute atomic E-state index is 0.100. The van der Waals surface area contributed by atoms with E-state index < -0.39 is 61.8 Å². The van der Waals surface area contributed by atoms with Crippen molar-refractivity contribution in [2.24, 2.45) is 5.92 Å². The van der Waals surface area contributed by atoms with Gasteiger partial charge in [-0.15, -0.1) is 0 Å². The van der Waals surface area contributed by atoms with Crippen molar-refractivity contribution >= 4 is 43.8 Å². The largest absolute Gasteiger partial charge is 0.480 e. The van der Waals surface area contributed by atoms with Crippen LogP contribution in [-0.2, 0) is 34.9 Å². The monoisotopic (exact) mass is 636 g/mol. The number of aliphatic carboxylic acids is 1. The number of carbonyl (C=O) groups is 5. The van der Waals surface area contributed by atoms with E-state index in [9.17, 15) is 29.1 Å². The third-order valence-corrected chi connectivity index (χ3v) is 11.8. The maximum atomic E-state index is 13.0. The number of ether oxygens (including phenoxy) is 1. The number of alkyl carbamates (subject to hydrolysis) is 1. The number of carboxylic acids is 1. The summed E-state index contributed by atoms with van der Waals surface area (Å²) in [6.07, 6.45) is -1.40. The predicted octanol–water partition coefficient (Wildman–Crippen LogP) is 4.55. The van der Waals surface area contributed by atoms with Crippen LogP contribution in [0, 0.1) is 5.92 Å². The number of benzene rings is 1. The number of carboxylic acid groups (broad SMARTS) is 1. The fourth-order valence-corrected chi connectivity index (χ4v) is 4.51. The molecule has 0 heterocycles. The zero-order valence-electron chi connectivity index (χ0n) is 28.0. The quantitative estimate of drug-likeness (QED) is 0.185. The summed E-state index contributed by atoms with van der Waals surface area (Å²) >= 11 is 0. The number of amides is 4. The standard InChI is InChI=1S/C31H52N4O8Si/c1-19(2)25(35-24(36)17-16-23(28(39)40)34-29(41)43-30(4,5)6)27(38)32-20(3)26(37)33-22-14-12-21(13-15-22)18-42-44(10,11)31(7,8)9/h12-15,19-20,23,25H,16-18H2,1-11H3,(H,32,38)(H,33,37)(H,34,41)(H,35,36)(H,39,40)/t20-,23-,25-/m0/s1. The maximum Gasteiger partial charge on any atom is 0.408 e. The first-order valence-electron chi connectivity index (χ1n) is 14.9. The van der Waals surface area contributed by atoms with Crippen LogP contribution < -0.4 is 21.3 Å². The fourth-order valence-electron chi connectivity index (χ4n) is 3.55. The molecule has 0 spiro atoms. The Labute approximate surface area is 262 Å². The van der Waals surface area contributed by atoms with Crippen LogP contribution in [-0.4, -0.2) is 66.9 Å². The zero-order chi connectivity index (χ0) is 34.0. The molecule has 0 saturated heterocycles. The van der Waals surface area contributed by atoms with Crippen molar-refractivity contribution < 1.29 is 38.2 Å². The predicted molar refractivity (Wildman–Crippen MR) is 171 cm³/mol. The Morgan fingerprint density at radius 1 is 0.864 bits per heavy atom. The average Bonchev–Trinajstić information content (AvgIpc) is 2.87. The molecule has 0 aromatic heterocycles. The van der Waals surface area contributed by atoms with Gasteiger partial charge < -0.3 is 35.5 Å². The summed E-state index contributed by atoms with van der Waals surface area (Å²) in [7, 11) is -1.89. The van der Waals surface area contributed by atoms with E-state index in [4.69, 9.17) is 9.16 Å². The van der Waals surface area contributed by atoms with Gasteiger partial charge in [0.15, 0.2) is 8.32 Å². The highest BCUT2D eigenvalue weighted by Crippen LogP contribution is 2.37. The summed E-state index contributed by atoms with van der Waals surface area (Å²) in [4.78, 5) is 62.0. The van der Waals surface area contributed by atoms with E-state index in [2.05, 4.69) is 55.1 Å². The molecule has 3 atom stereocenters. The van der Waals surface area contributed by atoms with Crippen LogP contribution in [0.3, 0.4) is 0 Å². The van der Waals surface area contributed by atoms with Crippen molar-refractivity contribution in [3.8, 4) is 0 Å². The first kappa shape index (κ1) is 38.6. The second-order valence-electron chi connectivity index (χ2n) is 13.8. The van der Waals surface area contributed by atoms with Crippen molar-refractivity contribution in [1.82, 2.24) is 16.0 Å². The molecule has 0 radical (unpaired) electrons. The van der Waals surface area contributed by atoms with Gasteiger partial charge >= 0.3 is 12.1 Å². The van der Waals surface area contributed by atoms with E-state index in [0.717, 1.165) is 5.56 Å². The molecule has 0 bridgehead atoms.